The number of hydrogen-bond donors (Lipinski definition) is 1. The molecule has 0 saturated carbocycles. The quantitative estimate of drug-likeness (QED) is 0.741. The van der Waals surface area contributed by atoms with Crippen molar-refractivity contribution < 1.29 is 5.11 Å². The van der Waals surface area contributed by atoms with Crippen LogP contribution in [0, 0.1) is 0 Å². The summed E-state index contributed by atoms with van der Waals surface area (Å²) in [6.45, 7) is 0. The smallest absolute Gasteiger partial charge is 0.161 e. The van der Waals surface area contributed by atoms with Crippen LogP contribution >= 0.6 is 0 Å². The summed E-state index contributed by atoms with van der Waals surface area (Å²) in [4.78, 5) is 12.5. The first-order valence-electron chi connectivity index (χ1n) is 5.65. The topological polar surface area (TPSA) is 58.9 Å². The Labute approximate surface area is 104 Å². The second-order valence-corrected chi connectivity index (χ2v) is 3.93. The number of aliphatic hydroxyl groups is 1. The van der Waals surface area contributed by atoms with Gasteiger partial charge in [-0.25, -0.2) is 9.97 Å². The minimum atomic E-state index is -0.857. The molecule has 0 amide bonds. The maximum atomic E-state index is 10.3. The number of hydrogen-bond acceptors (Lipinski definition) is 4. The zero-order chi connectivity index (χ0) is 12.4. The van der Waals surface area contributed by atoms with Gasteiger partial charge in [-0.1, -0.05) is 24.3 Å². The number of aromatic nitrogens is 3. The predicted molar refractivity (Wildman–Crippen MR) is 67.8 cm³/mol. The van der Waals surface area contributed by atoms with Gasteiger partial charge >= 0.3 is 0 Å². The molecule has 1 atom stereocenters. The van der Waals surface area contributed by atoms with E-state index in [2.05, 4.69) is 15.0 Å². The molecule has 4 nitrogen and oxygen atoms in total. The third-order valence-electron chi connectivity index (χ3n) is 2.79. The van der Waals surface area contributed by atoms with Gasteiger partial charge in [-0.3, -0.25) is 4.98 Å². The van der Waals surface area contributed by atoms with Crippen LogP contribution in [0.2, 0.25) is 0 Å². The van der Waals surface area contributed by atoms with E-state index in [-0.39, 0.29) is 0 Å². The fourth-order valence-corrected chi connectivity index (χ4v) is 1.94. The average Bonchev–Trinajstić information content (AvgIpc) is 2.47. The van der Waals surface area contributed by atoms with Gasteiger partial charge in [0.2, 0.25) is 0 Å². The van der Waals surface area contributed by atoms with Crippen LogP contribution in [0.5, 0.6) is 0 Å². The molecule has 0 aliphatic rings. The minimum absolute atomic E-state index is 0.385. The number of benzene rings is 1. The molecule has 1 unspecified atom stereocenters. The lowest BCUT2D eigenvalue weighted by Gasteiger charge is -2.11. The first-order valence-corrected chi connectivity index (χ1v) is 5.65. The molecule has 0 aliphatic carbocycles. The van der Waals surface area contributed by atoms with E-state index in [1.54, 1.807) is 24.7 Å². The Kier molecular flexibility index (Phi) is 2.70. The van der Waals surface area contributed by atoms with E-state index in [9.17, 15) is 5.11 Å². The summed E-state index contributed by atoms with van der Waals surface area (Å²) >= 11 is 0. The van der Waals surface area contributed by atoms with E-state index in [0.29, 0.717) is 5.82 Å². The van der Waals surface area contributed by atoms with Crippen molar-refractivity contribution in [2.45, 2.75) is 6.10 Å². The summed E-state index contributed by atoms with van der Waals surface area (Å²) in [5.41, 5.74) is 1.50. The highest BCUT2D eigenvalue weighted by atomic mass is 16.3. The summed E-state index contributed by atoms with van der Waals surface area (Å²) in [7, 11) is 0. The Morgan fingerprint density at radius 2 is 1.56 bits per heavy atom. The number of pyridine rings is 1. The van der Waals surface area contributed by atoms with Crippen LogP contribution in [0.25, 0.3) is 10.9 Å². The van der Waals surface area contributed by atoms with E-state index in [4.69, 9.17) is 0 Å². The van der Waals surface area contributed by atoms with E-state index in [1.807, 2.05) is 30.3 Å². The molecule has 0 spiro atoms. The summed E-state index contributed by atoms with van der Waals surface area (Å²) < 4.78 is 0. The molecule has 3 rings (SSSR count). The van der Waals surface area contributed by atoms with E-state index in [0.717, 1.165) is 16.5 Å². The van der Waals surface area contributed by atoms with Crippen LogP contribution in [0.3, 0.4) is 0 Å². The van der Waals surface area contributed by atoms with Gasteiger partial charge in [-0.2, -0.15) is 0 Å². The van der Waals surface area contributed by atoms with Crippen LogP contribution in [0.15, 0.2) is 55.0 Å². The third-order valence-corrected chi connectivity index (χ3v) is 2.79. The molecule has 3 aromatic rings. The molecule has 1 aromatic carbocycles. The minimum Gasteiger partial charge on any atom is -0.380 e. The Hall–Kier alpha value is -2.33. The molecule has 0 bridgehead atoms. The number of para-hydroxylation sites is 1. The lowest BCUT2D eigenvalue weighted by Crippen LogP contribution is -2.05. The molecule has 2 heterocycles. The van der Waals surface area contributed by atoms with Crippen molar-refractivity contribution in [2.24, 2.45) is 0 Å². The average molecular weight is 237 g/mol. The highest BCUT2D eigenvalue weighted by Crippen LogP contribution is 2.25. The monoisotopic (exact) mass is 237 g/mol. The Bertz CT molecular complexity index is 665. The zero-order valence-corrected chi connectivity index (χ0v) is 9.56. The van der Waals surface area contributed by atoms with Crippen LogP contribution < -0.4 is 0 Å². The van der Waals surface area contributed by atoms with Crippen molar-refractivity contribution in [1.29, 1.82) is 0 Å². The summed E-state index contributed by atoms with van der Waals surface area (Å²) in [5, 5.41) is 11.3. The number of rotatable bonds is 2. The maximum absolute atomic E-state index is 10.3. The Balaban J connectivity index is 2.15. The Morgan fingerprint density at radius 3 is 2.39 bits per heavy atom. The third kappa shape index (κ3) is 1.83. The predicted octanol–water partition coefficient (Wildman–Crippen LogP) is 2.11. The normalized spacial score (nSPS) is 12.5. The van der Waals surface area contributed by atoms with Gasteiger partial charge in [0.15, 0.2) is 5.82 Å². The standard InChI is InChI=1S/C14H11N3O/c18-13(14-16-8-3-9-17-14)11-6-1-4-10-5-2-7-15-12(10)11/h1-9,13,18H. The molecule has 2 aromatic heterocycles. The highest BCUT2D eigenvalue weighted by Gasteiger charge is 2.16. The summed E-state index contributed by atoms with van der Waals surface area (Å²) in [5.74, 6) is 0.385. The van der Waals surface area contributed by atoms with Crippen molar-refractivity contribution in [3.63, 3.8) is 0 Å². The lowest BCUT2D eigenvalue weighted by atomic mass is 10.0. The van der Waals surface area contributed by atoms with Crippen LogP contribution in [-0.4, -0.2) is 20.1 Å². The fourth-order valence-electron chi connectivity index (χ4n) is 1.94. The molecule has 4 heteroatoms. The van der Waals surface area contributed by atoms with Crippen molar-refractivity contribution in [3.05, 3.63) is 66.4 Å². The first kappa shape index (κ1) is 10.8. The SMILES string of the molecule is OC(c1ncccn1)c1cccc2cccnc12. The van der Waals surface area contributed by atoms with Gasteiger partial charge in [0.25, 0.3) is 0 Å². The zero-order valence-electron chi connectivity index (χ0n) is 9.56. The van der Waals surface area contributed by atoms with Crippen LogP contribution in [0.1, 0.15) is 17.5 Å². The van der Waals surface area contributed by atoms with Gasteiger partial charge in [0.05, 0.1) is 5.52 Å². The van der Waals surface area contributed by atoms with E-state index in [1.165, 1.54) is 0 Å². The van der Waals surface area contributed by atoms with Gasteiger partial charge in [0.1, 0.15) is 6.10 Å². The molecule has 0 fully saturated rings. The molecule has 88 valence electrons. The fraction of sp³-hybridized carbons (Fsp3) is 0.0714. The largest absolute Gasteiger partial charge is 0.380 e. The van der Waals surface area contributed by atoms with Gasteiger partial charge in [0, 0.05) is 29.5 Å². The van der Waals surface area contributed by atoms with E-state index < -0.39 is 6.10 Å². The lowest BCUT2D eigenvalue weighted by molar-refractivity contribution is 0.211. The van der Waals surface area contributed by atoms with Crippen molar-refractivity contribution in [2.75, 3.05) is 0 Å². The number of aliphatic hydroxyl groups excluding tert-OH is 1. The van der Waals surface area contributed by atoms with Crippen molar-refractivity contribution in [3.8, 4) is 0 Å². The number of nitrogens with zero attached hydrogens (tertiary/aromatic N) is 3. The van der Waals surface area contributed by atoms with Crippen molar-refractivity contribution in [1.82, 2.24) is 15.0 Å². The van der Waals surface area contributed by atoms with Gasteiger partial charge in [-0.15, -0.1) is 0 Å². The second kappa shape index (κ2) is 4.50. The number of fused-ring (bicyclic) bond motifs is 1. The molecule has 0 saturated heterocycles. The molecule has 1 N–H and O–H groups in total. The molecule has 0 aliphatic heterocycles. The summed E-state index contributed by atoms with van der Waals surface area (Å²) in [6.07, 6.45) is 4.09. The molecule has 18 heavy (non-hydrogen) atoms. The maximum Gasteiger partial charge on any atom is 0.161 e. The van der Waals surface area contributed by atoms with Crippen LogP contribution in [0.4, 0.5) is 0 Å². The van der Waals surface area contributed by atoms with E-state index >= 15 is 0 Å². The first-order chi connectivity index (χ1) is 8.86. The van der Waals surface area contributed by atoms with Crippen LogP contribution in [-0.2, 0) is 0 Å². The Morgan fingerprint density at radius 1 is 0.833 bits per heavy atom. The second-order valence-electron chi connectivity index (χ2n) is 3.93. The molecule has 0 radical (unpaired) electrons. The molecular formula is C14H11N3O. The molecular weight excluding hydrogens is 226 g/mol. The summed E-state index contributed by atoms with van der Waals surface area (Å²) in [6, 6.07) is 11.3. The van der Waals surface area contributed by atoms with Crippen molar-refractivity contribution >= 4 is 10.9 Å². The van der Waals surface area contributed by atoms with Gasteiger partial charge in [-0.05, 0) is 12.1 Å². The van der Waals surface area contributed by atoms with Gasteiger partial charge < -0.3 is 5.11 Å². The highest BCUT2D eigenvalue weighted by molar-refractivity contribution is 5.82.